The van der Waals surface area contributed by atoms with Crippen molar-refractivity contribution < 1.29 is 4.79 Å². The number of hydrogen-bond acceptors (Lipinski definition) is 5. The van der Waals surface area contributed by atoms with Crippen LogP contribution in [0.4, 0.5) is 5.69 Å². The molecule has 0 fully saturated rings. The van der Waals surface area contributed by atoms with E-state index >= 15 is 0 Å². The van der Waals surface area contributed by atoms with Crippen molar-refractivity contribution in [2.24, 2.45) is 15.7 Å². The Labute approximate surface area is 173 Å². The zero-order chi connectivity index (χ0) is 21.1. The van der Waals surface area contributed by atoms with Gasteiger partial charge in [-0.25, -0.2) is 9.98 Å². The number of para-hydroxylation sites is 1. The number of carbonyl (C=O) groups excluding carboxylic acids is 1. The lowest BCUT2D eigenvalue weighted by atomic mass is 9.95. The summed E-state index contributed by atoms with van der Waals surface area (Å²) in [6, 6.07) is 8.95. The number of allylic oxidation sites excluding steroid dienone is 2. The number of imidazole rings is 1. The molecule has 2 aliphatic rings. The molecule has 0 bridgehead atoms. The van der Waals surface area contributed by atoms with E-state index in [4.69, 9.17) is 10.7 Å². The third-order valence-corrected chi connectivity index (χ3v) is 5.00. The lowest BCUT2D eigenvalue weighted by molar-refractivity contribution is -0.114. The number of benzene rings is 1. The van der Waals surface area contributed by atoms with Crippen molar-refractivity contribution in [3.05, 3.63) is 71.2 Å². The average Bonchev–Trinajstić information content (AvgIpc) is 3.19. The first-order chi connectivity index (χ1) is 14.6. The van der Waals surface area contributed by atoms with Crippen LogP contribution in [0, 0.1) is 0 Å². The fourth-order valence-corrected chi connectivity index (χ4v) is 3.57. The van der Waals surface area contributed by atoms with Crippen LogP contribution < -0.4 is 26.6 Å². The van der Waals surface area contributed by atoms with Crippen molar-refractivity contribution in [1.29, 1.82) is 0 Å². The molecule has 0 saturated carbocycles. The molecule has 0 saturated heterocycles. The largest absolute Gasteiger partial charge is 0.390 e. The maximum Gasteiger partial charge on any atom is 0.261 e. The number of nitrogens with two attached hydrogens (primary N) is 1. The Morgan fingerprint density at radius 3 is 2.93 bits per heavy atom. The third kappa shape index (κ3) is 3.55. The number of amidine groups is 1. The summed E-state index contributed by atoms with van der Waals surface area (Å²) >= 11 is 0. The van der Waals surface area contributed by atoms with Crippen LogP contribution >= 0.6 is 0 Å². The van der Waals surface area contributed by atoms with Gasteiger partial charge in [-0.05, 0) is 25.5 Å². The molecule has 8 heteroatoms. The number of amides is 1. The van der Waals surface area contributed by atoms with E-state index in [1.54, 1.807) is 11.2 Å². The normalized spacial score (nSPS) is 20.5. The number of aromatic amines is 1. The summed E-state index contributed by atoms with van der Waals surface area (Å²) < 4.78 is 0. The van der Waals surface area contributed by atoms with Gasteiger partial charge in [0.1, 0.15) is 11.2 Å². The molecule has 1 aromatic heterocycles. The first-order valence-corrected chi connectivity index (χ1v) is 9.67. The van der Waals surface area contributed by atoms with Crippen LogP contribution in [0.25, 0.3) is 12.4 Å². The van der Waals surface area contributed by atoms with E-state index in [2.05, 4.69) is 26.9 Å². The fraction of sp³-hybridized carbons (Fsp3) is 0.182. The Hall–Kier alpha value is -3.94. The lowest BCUT2D eigenvalue weighted by Crippen LogP contribution is -2.53. The first kappa shape index (κ1) is 19.4. The van der Waals surface area contributed by atoms with Crippen molar-refractivity contribution in [2.75, 3.05) is 4.90 Å². The molecule has 30 heavy (non-hydrogen) atoms. The molecule has 1 amide bonds. The third-order valence-electron chi connectivity index (χ3n) is 5.00. The molecule has 4 N–H and O–H groups in total. The monoisotopic (exact) mass is 401 g/mol. The smallest absolute Gasteiger partial charge is 0.261 e. The van der Waals surface area contributed by atoms with E-state index in [9.17, 15) is 4.79 Å². The van der Waals surface area contributed by atoms with E-state index in [1.807, 2.05) is 55.5 Å². The SMILES string of the molecule is C=c1[nH]cn/c1=C(/N=CN)N[C@@H](C)C1=NC2CC=CC=C2C(=O)N1c1ccccc1. The number of nitrogens with zero attached hydrogens (tertiary/aromatic N) is 4. The second-order valence-electron chi connectivity index (χ2n) is 6.99. The van der Waals surface area contributed by atoms with Gasteiger partial charge in [0.25, 0.3) is 5.91 Å². The number of aliphatic imine (C=N–C) groups is 2. The average molecular weight is 401 g/mol. The Kier molecular flexibility index (Phi) is 5.30. The summed E-state index contributed by atoms with van der Waals surface area (Å²) in [4.78, 5) is 31.4. The number of nitrogens with one attached hydrogen (secondary N) is 2. The van der Waals surface area contributed by atoms with Gasteiger partial charge in [0, 0.05) is 5.57 Å². The van der Waals surface area contributed by atoms with Gasteiger partial charge < -0.3 is 16.0 Å². The molecule has 2 aromatic rings. The Morgan fingerprint density at radius 1 is 1.43 bits per heavy atom. The van der Waals surface area contributed by atoms with Crippen molar-refractivity contribution in [3.8, 4) is 0 Å². The van der Waals surface area contributed by atoms with Gasteiger partial charge in [-0.15, -0.1) is 0 Å². The minimum absolute atomic E-state index is 0.0734. The predicted octanol–water partition coefficient (Wildman–Crippen LogP) is 0.551. The van der Waals surface area contributed by atoms with Crippen LogP contribution in [0.3, 0.4) is 0 Å². The summed E-state index contributed by atoms with van der Waals surface area (Å²) in [7, 11) is 0. The van der Waals surface area contributed by atoms with E-state index < -0.39 is 0 Å². The molecule has 2 atom stereocenters. The maximum absolute atomic E-state index is 13.4. The maximum atomic E-state index is 13.4. The number of anilines is 1. The molecule has 1 aliphatic carbocycles. The Bertz CT molecular complexity index is 1170. The highest BCUT2D eigenvalue weighted by molar-refractivity contribution is 6.26. The first-order valence-electron chi connectivity index (χ1n) is 9.67. The molecule has 4 rings (SSSR count). The summed E-state index contributed by atoms with van der Waals surface area (Å²) in [5, 5.41) is 4.47. The number of rotatable bonds is 5. The van der Waals surface area contributed by atoms with Crippen molar-refractivity contribution in [3.63, 3.8) is 0 Å². The quantitative estimate of drug-likeness (QED) is 0.502. The van der Waals surface area contributed by atoms with Crippen LogP contribution in [0.1, 0.15) is 13.3 Å². The van der Waals surface area contributed by atoms with Crippen LogP contribution in [0.2, 0.25) is 0 Å². The minimum atomic E-state index is -0.351. The van der Waals surface area contributed by atoms with Crippen LogP contribution in [-0.4, -0.2) is 40.1 Å². The van der Waals surface area contributed by atoms with Gasteiger partial charge in [-0.3, -0.25) is 14.7 Å². The van der Waals surface area contributed by atoms with Crippen LogP contribution in [0.15, 0.2) is 70.4 Å². The van der Waals surface area contributed by atoms with Crippen molar-refractivity contribution in [1.82, 2.24) is 15.3 Å². The molecule has 152 valence electrons. The van der Waals surface area contributed by atoms with Crippen molar-refractivity contribution in [2.45, 2.75) is 25.4 Å². The molecule has 1 aliphatic heterocycles. The van der Waals surface area contributed by atoms with Gasteiger partial charge >= 0.3 is 0 Å². The number of carbonyl (C=O) groups is 1. The highest BCUT2D eigenvalue weighted by Gasteiger charge is 2.36. The Balaban J connectivity index is 1.78. The number of aromatic nitrogens is 2. The standard InChI is InChI=1S/C22H23N7O/c1-14-19(26-13-25-14)20(24-12-23)27-15(2)21-28-18-11-7-6-10-17(18)22(30)29(21)16-8-4-3-5-9-16/h3-10,12-13,15,18,27H,1,11H2,2H3,(H2,23,24)(H,25,26)/b20-19-/t15-,18?/m0/s1. The van der Waals surface area contributed by atoms with Gasteiger partial charge in [-0.1, -0.05) is 43.0 Å². The molecule has 2 heterocycles. The van der Waals surface area contributed by atoms with E-state index in [-0.39, 0.29) is 18.0 Å². The molecule has 8 nitrogen and oxygen atoms in total. The zero-order valence-electron chi connectivity index (χ0n) is 16.6. The second kappa shape index (κ2) is 8.20. The summed E-state index contributed by atoms with van der Waals surface area (Å²) in [5.41, 5.74) is 6.99. The number of hydrogen-bond donors (Lipinski definition) is 3. The topological polar surface area (TPSA) is 112 Å². The van der Waals surface area contributed by atoms with Crippen molar-refractivity contribution >= 4 is 36.2 Å². The molecule has 0 radical (unpaired) electrons. The second-order valence-corrected chi connectivity index (χ2v) is 6.99. The van der Waals surface area contributed by atoms with Crippen LogP contribution in [0.5, 0.6) is 0 Å². The zero-order valence-corrected chi connectivity index (χ0v) is 16.6. The Morgan fingerprint density at radius 2 is 2.23 bits per heavy atom. The van der Waals surface area contributed by atoms with E-state index in [1.165, 1.54) is 6.34 Å². The molecule has 0 spiro atoms. The van der Waals surface area contributed by atoms with E-state index in [0.29, 0.717) is 34.3 Å². The van der Waals surface area contributed by atoms with Gasteiger partial charge in [0.2, 0.25) is 0 Å². The molecular formula is C22H23N7O. The summed E-state index contributed by atoms with van der Waals surface area (Å²) in [5.74, 6) is 0.981. The molecule has 1 unspecified atom stereocenters. The van der Waals surface area contributed by atoms with Gasteiger partial charge in [0.15, 0.2) is 5.82 Å². The van der Waals surface area contributed by atoms with E-state index in [0.717, 1.165) is 5.69 Å². The van der Waals surface area contributed by atoms with Crippen LogP contribution in [-0.2, 0) is 4.79 Å². The summed E-state index contributed by atoms with van der Waals surface area (Å²) in [6.07, 6.45) is 9.20. The fourth-order valence-electron chi connectivity index (χ4n) is 3.57. The molecular weight excluding hydrogens is 378 g/mol. The summed E-state index contributed by atoms with van der Waals surface area (Å²) in [6.45, 7) is 5.86. The molecule has 1 aromatic carbocycles. The minimum Gasteiger partial charge on any atom is -0.390 e. The van der Waals surface area contributed by atoms with Gasteiger partial charge in [-0.2, -0.15) is 0 Å². The highest BCUT2D eigenvalue weighted by atomic mass is 16.2. The highest BCUT2D eigenvalue weighted by Crippen LogP contribution is 2.29. The predicted molar refractivity (Wildman–Crippen MR) is 119 cm³/mol. The number of fused-ring (bicyclic) bond motifs is 1. The van der Waals surface area contributed by atoms with Gasteiger partial charge in [0.05, 0.1) is 35.8 Å². The lowest BCUT2D eigenvalue weighted by Gasteiger charge is -2.36. The number of H-pyrrole nitrogens is 1.